The number of carbonyl (C=O) groups excluding carboxylic acids is 1. The highest BCUT2D eigenvalue weighted by Crippen LogP contribution is 2.32. The van der Waals surface area contributed by atoms with Gasteiger partial charge < -0.3 is 19.7 Å². The van der Waals surface area contributed by atoms with Crippen LogP contribution in [0.4, 0.5) is 4.79 Å². The summed E-state index contributed by atoms with van der Waals surface area (Å²) in [4.78, 5) is 14.1. The van der Waals surface area contributed by atoms with Crippen LogP contribution in [-0.4, -0.2) is 45.3 Å². The summed E-state index contributed by atoms with van der Waals surface area (Å²) in [5.74, 6) is 1.40. The predicted molar refractivity (Wildman–Crippen MR) is 104 cm³/mol. The van der Waals surface area contributed by atoms with Crippen LogP contribution in [0.15, 0.2) is 39.9 Å². The van der Waals surface area contributed by atoms with Crippen LogP contribution < -0.4 is 19.5 Å². The SMILES string of the molecule is O=C(NCc1ccc2c(c1)OCO2)N1CCC(NS(=O)(=O)c2cccs2)CC1. The number of hydrogen-bond acceptors (Lipinski definition) is 6. The van der Waals surface area contributed by atoms with Gasteiger partial charge in [-0.05, 0) is 42.0 Å². The third-order valence-electron chi connectivity index (χ3n) is 4.74. The molecule has 0 bridgehead atoms. The van der Waals surface area contributed by atoms with E-state index in [1.165, 1.54) is 11.3 Å². The minimum Gasteiger partial charge on any atom is -0.454 e. The average Bonchev–Trinajstić information content (AvgIpc) is 3.38. The highest BCUT2D eigenvalue weighted by Gasteiger charge is 2.27. The number of thiophene rings is 1. The fourth-order valence-electron chi connectivity index (χ4n) is 3.23. The molecule has 1 aromatic heterocycles. The number of likely N-dealkylation sites (tertiary alicyclic amines) is 1. The number of rotatable bonds is 5. The Morgan fingerprint density at radius 1 is 1.18 bits per heavy atom. The van der Waals surface area contributed by atoms with E-state index in [1.807, 2.05) is 18.2 Å². The molecule has 2 aromatic rings. The van der Waals surface area contributed by atoms with Crippen molar-refractivity contribution in [2.45, 2.75) is 29.6 Å². The van der Waals surface area contributed by atoms with E-state index in [0.29, 0.717) is 48.2 Å². The average molecular weight is 424 g/mol. The normalized spacial score (nSPS) is 16.9. The van der Waals surface area contributed by atoms with Crippen LogP contribution in [0.1, 0.15) is 18.4 Å². The molecule has 2 amide bonds. The van der Waals surface area contributed by atoms with Gasteiger partial charge in [0.15, 0.2) is 11.5 Å². The minimum atomic E-state index is -3.48. The van der Waals surface area contributed by atoms with Crippen molar-refractivity contribution in [3.63, 3.8) is 0 Å². The Kier molecular flexibility index (Phi) is 5.42. The van der Waals surface area contributed by atoms with E-state index in [0.717, 1.165) is 5.56 Å². The van der Waals surface area contributed by atoms with Gasteiger partial charge in [-0.3, -0.25) is 0 Å². The lowest BCUT2D eigenvalue weighted by Gasteiger charge is -2.32. The van der Waals surface area contributed by atoms with Gasteiger partial charge in [0, 0.05) is 25.7 Å². The lowest BCUT2D eigenvalue weighted by Crippen LogP contribution is -2.49. The van der Waals surface area contributed by atoms with Crippen molar-refractivity contribution in [2.24, 2.45) is 0 Å². The van der Waals surface area contributed by atoms with Crippen molar-refractivity contribution in [3.05, 3.63) is 41.3 Å². The second-order valence-corrected chi connectivity index (χ2v) is 9.55. The molecule has 28 heavy (non-hydrogen) atoms. The van der Waals surface area contributed by atoms with Crippen molar-refractivity contribution >= 4 is 27.4 Å². The van der Waals surface area contributed by atoms with Crippen molar-refractivity contribution in [1.82, 2.24) is 14.9 Å². The fourth-order valence-corrected chi connectivity index (χ4v) is 5.55. The zero-order chi connectivity index (χ0) is 19.6. The topological polar surface area (TPSA) is 97.0 Å². The first-order valence-corrected chi connectivity index (χ1v) is 11.3. The molecule has 8 nitrogen and oxygen atoms in total. The van der Waals surface area contributed by atoms with Crippen molar-refractivity contribution in [3.8, 4) is 11.5 Å². The maximum absolute atomic E-state index is 12.4. The number of nitrogens with one attached hydrogen (secondary N) is 2. The number of fused-ring (bicyclic) bond motifs is 1. The first-order valence-electron chi connectivity index (χ1n) is 8.98. The van der Waals surface area contributed by atoms with Gasteiger partial charge in [0.25, 0.3) is 0 Å². The van der Waals surface area contributed by atoms with Crippen LogP contribution in [0, 0.1) is 0 Å². The summed E-state index contributed by atoms with van der Waals surface area (Å²) in [6.45, 7) is 1.62. The van der Waals surface area contributed by atoms with E-state index < -0.39 is 10.0 Å². The number of urea groups is 1. The number of ether oxygens (including phenoxy) is 2. The summed E-state index contributed by atoms with van der Waals surface area (Å²) >= 11 is 1.19. The van der Waals surface area contributed by atoms with E-state index in [-0.39, 0.29) is 18.9 Å². The Bertz CT molecular complexity index is 938. The standard InChI is InChI=1S/C18H21N3O5S2/c22-18(19-11-13-3-4-15-16(10-13)26-12-25-15)21-7-5-14(6-8-21)20-28(23,24)17-2-1-9-27-17/h1-4,9-10,14,20H,5-8,11-12H2,(H,19,22). The highest BCUT2D eigenvalue weighted by molar-refractivity contribution is 7.91. The second kappa shape index (κ2) is 7.98. The predicted octanol–water partition coefficient (Wildman–Crippen LogP) is 2.13. The molecule has 0 unspecified atom stereocenters. The number of amides is 2. The third kappa shape index (κ3) is 4.23. The molecular weight excluding hydrogens is 402 g/mol. The number of nitrogens with zero attached hydrogens (tertiary/aromatic N) is 1. The van der Waals surface area contributed by atoms with Crippen LogP contribution in [0.5, 0.6) is 11.5 Å². The lowest BCUT2D eigenvalue weighted by atomic mass is 10.1. The monoisotopic (exact) mass is 423 g/mol. The minimum absolute atomic E-state index is 0.155. The molecule has 0 aliphatic carbocycles. The highest BCUT2D eigenvalue weighted by atomic mass is 32.2. The molecule has 1 saturated heterocycles. The molecule has 150 valence electrons. The number of piperidine rings is 1. The fraction of sp³-hybridized carbons (Fsp3) is 0.389. The molecule has 0 spiro atoms. The maximum atomic E-state index is 12.4. The van der Waals surface area contributed by atoms with Crippen LogP contribution in [0.2, 0.25) is 0 Å². The van der Waals surface area contributed by atoms with E-state index in [9.17, 15) is 13.2 Å². The summed E-state index contributed by atoms with van der Waals surface area (Å²) in [5.41, 5.74) is 0.927. The molecule has 10 heteroatoms. The molecular formula is C18H21N3O5S2. The molecule has 2 aliphatic rings. The Hall–Kier alpha value is -2.30. The van der Waals surface area contributed by atoms with E-state index in [4.69, 9.17) is 9.47 Å². The molecule has 3 heterocycles. The van der Waals surface area contributed by atoms with Crippen molar-refractivity contribution in [1.29, 1.82) is 0 Å². The maximum Gasteiger partial charge on any atom is 0.317 e. The zero-order valence-corrected chi connectivity index (χ0v) is 16.7. The van der Waals surface area contributed by atoms with Crippen LogP contribution in [0.3, 0.4) is 0 Å². The van der Waals surface area contributed by atoms with Gasteiger partial charge in [0.05, 0.1) is 0 Å². The van der Waals surface area contributed by atoms with Gasteiger partial charge in [-0.1, -0.05) is 12.1 Å². The summed E-state index contributed by atoms with van der Waals surface area (Å²) < 4.78 is 38.3. The van der Waals surface area contributed by atoms with Crippen molar-refractivity contribution < 1.29 is 22.7 Å². The first kappa shape index (κ1) is 19.0. The van der Waals surface area contributed by atoms with E-state index >= 15 is 0 Å². The quantitative estimate of drug-likeness (QED) is 0.768. The summed E-state index contributed by atoms with van der Waals surface area (Å²) in [6, 6.07) is 8.56. The summed E-state index contributed by atoms with van der Waals surface area (Å²) in [7, 11) is -3.48. The Morgan fingerprint density at radius 2 is 1.96 bits per heavy atom. The first-order chi connectivity index (χ1) is 13.5. The molecule has 0 radical (unpaired) electrons. The summed E-state index contributed by atoms with van der Waals surface area (Å²) in [6.07, 6.45) is 1.17. The van der Waals surface area contributed by atoms with Gasteiger partial charge in [-0.15, -0.1) is 11.3 Å². The molecule has 2 N–H and O–H groups in total. The van der Waals surface area contributed by atoms with Crippen LogP contribution >= 0.6 is 11.3 Å². The number of carbonyl (C=O) groups is 1. The smallest absolute Gasteiger partial charge is 0.317 e. The lowest BCUT2D eigenvalue weighted by molar-refractivity contribution is 0.173. The van der Waals surface area contributed by atoms with Crippen molar-refractivity contribution in [2.75, 3.05) is 19.9 Å². The molecule has 0 saturated carbocycles. The Labute approximate surface area is 167 Å². The van der Waals surface area contributed by atoms with Gasteiger partial charge in [0.1, 0.15) is 4.21 Å². The zero-order valence-electron chi connectivity index (χ0n) is 15.1. The molecule has 0 atom stereocenters. The van der Waals surface area contributed by atoms with Gasteiger partial charge in [0.2, 0.25) is 16.8 Å². The molecule has 1 aromatic carbocycles. The van der Waals surface area contributed by atoms with Gasteiger partial charge in [-0.25, -0.2) is 17.9 Å². The van der Waals surface area contributed by atoms with E-state index in [2.05, 4.69) is 10.0 Å². The molecule has 4 rings (SSSR count). The number of sulfonamides is 1. The van der Waals surface area contributed by atoms with Gasteiger partial charge in [-0.2, -0.15) is 0 Å². The Morgan fingerprint density at radius 3 is 2.71 bits per heavy atom. The second-order valence-electron chi connectivity index (χ2n) is 6.66. The summed E-state index contributed by atoms with van der Waals surface area (Å²) in [5, 5.41) is 4.64. The molecule has 2 aliphatic heterocycles. The third-order valence-corrected chi connectivity index (χ3v) is 7.66. The van der Waals surface area contributed by atoms with Crippen LogP contribution in [0.25, 0.3) is 0 Å². The van der Waals surface area contributed by atoms with Crippen LogP contribution in [-0.2, 0) is 16.6 Å². The number of hydrogen-bond donors (Lipinski definition) is 2. The molecule has 1 fully saturated rings. The Balaban J connectivity index is 1.25. The number of benzene rings is 1. The van der Waals surface area contributed by atoms with E-state index in [1.54, 1.807) is 22.4 Å². The van der Waals surface area contributed by atoms with Gasteiger partial charge >= 0.3 is 6.03 Å². The largest absolute Gasteiger partial charge is 0.454 e.